The number of nitrogens with one attached hydrogen (secondary N) is 2. The van der Waals surface area contributed by atoms with E-state index in [0.717, 1.165) is 70.6 Å². The number of hydrogen-bond donors (Lipinski definition) is 3. The van der Waals surface area contributed by atoms with E-state index in [1.807, 2.05) is 79.4 Å². The lowest BCUT2D eigenvalue weighted by molar-refractivity contribution is -0.128. The van der Waals surface area contributed by atoms with Gasteiger partial charge in [0.1, 0.15) is 24.7 Å². The number of aliphatic hydroxyl groups is 1. The Bertz CT molecular complexity index is 1610. The third-order valence-electron chi connectivity index (χ3n) is 9.18. The van der Waals surface area contributed by atoms with E-state index in [-0.39, 0.29) is 30.4 Å². The van der Waals surface area contributed by atoms with Gasteiger partial charge >= 0.3 is 0 Å². The number of halogens is 1. The van der Waals surface area contributed by atoms with Crippen molar-refractivity contribution in [3.05, 3.63) is 99.1 Å². The lowest BCUT2D eigenvalue weighted by atomic mass is 9.88. The van der Waals surface area contributed by atoms with Gasteiger partial charge in [-0.25, -0.2) is 0 Å². The molecule has 0 saturated heterocycles. The monoisotopic (exact) mass is 657 g/mol. The van der Waals surface area contributed by atoms with Gasteiger partial charge < -0.3 is 30.1 Å². The maximum absolute atomic E-state index is 14.4. The van der Waals surface area contributed by atoms with Gasteiger partial charge in [0.05, 0.1) is 12.6 Å². The Kier molecular flexibility index (Phi) is 10.5. The second-order valence-electron chi connectivity index (χ2n) is 12.9. The highest BCUT2D eigenvalue weighted by Gasteiger charge is 2.38. The van der Waals surface area contributed by atoms with Crippen molar-refractivity contribution in [1.29, 1.82) is 0 Å². The van der Waals surface area contributed by atoms with Crippen LogP contribution in [-0.2, 0) is 22.7 Å². The smallest absolute Gasteiger partial charge is 0.252 e. The molecule has 3 N–H and O–H groups in total. The van der Waals surface area contributed by atoms with Crippen molar-refractivity contribution < 1.29 is 24.2 Å². The molecule has 0 spiro atoms. The number of ether oxygens (including phenoxy) is 2. The Balaban J connectivity index is 1.16. The molecule has 2 saturated carbocycles. The van der Waals surface area contributed by atoms with E-state index in [1.54, 1.807) is 0 Å². The van der Waals surface area contributed by atoms with Crippen LogP contribution in [0.4, 0.5) is 0 Å². The molecule has 1 heterocycles. The molecule has 0 bridgehead atoms. The van der Waals surface area contributed by atoms with E-state index in [0.29, 0.717) is 49.9 Å². The summed E-state index contributed by atoms with van der Waals surface area (Å²) in [5.41, 5.74) is 6.48. The summed E-state index contributed by atoms with van der Waals surface area (Å²) in [4.78, 5) is 28.5. The molecule has 0 aromatic heterocycles. The van der Waals surface area contributed by atoms with Crippen molar-refractivity contribution in [3.63, 3.8) is 0 Å². The molecular weight excluding hydrogens is 614 g/mol. The molecule has 47 heavy (non-hydrogen) atoms. The lowest BCUT2D eigenvalue weighted by Gasteiger charge is -2.33. The topological polar surface area (TPSA) is 100 Å². The van der Waals surface area contributed by atoms with Gasteiger partial charge in [0.15, 0.2) is 0 Å². The minimum absolute atomic E-state index is 0.0822. The predicted octanol–water partition coefficient (Wildman–Crippen LogP) is 5.74. The minimum atomic E-state index is -0.468. The number of carbonyl (C=O) groups excluding carboxylic acids is 2. The first-order chi connectivity index (χ1) is 22.8. The van der Waals surface area contributed by atoms with E-state index in [2.05, 4.69) is 10.6 Å². The molecule has 1 aliphatic heterocycles. The molecule has 9 heteroatoms. The highest BCUT2D eigenvalue weighted by molar-refractivity contribution is 6.31. The van der Waals surface area contributed by atoms with Crippen LogP contribution < -0.4 is 20.1 Å². The van der Waals surface area contributed by atoms with E-state index in [1.165, 1.54) is 0 Å². The number of nitrogens with zero attached hydrogens (tertiary/aromatic N) is 1. The average Bonchev–Trinajstić information content (AvgIpc) is 4.01. The minimum Gasteiger partial charge on any atom is -0.490 e. The van der Waals surface area contributed by atoms with Crippen LogP contribution in [-0.4, -0.2) is 60.3 Å². The molecule has 2 fully saturated rings. The van der Waals surface area contributed by atoms with Gasteiger partial charge in [-0.3, -0.25) is 9.59 Å². The fourth-order valence-electron chi connectivity index (χ4n) is 6.26. The third kappa shape index (κ3) is 8.18. The Morgan fingerprint density at radius 2 is 1.70 bits per heavy atom. The summed E-state index contributed by atoms with van der Waals surface area (Å²) in [6.45, 7) is 6.18. The molecule has 3 aromatic rings. The summed E-state index contributed by atoms with van der Waals surface area (Å²) in [6.07, 6.45) is 4.44. The zero-order valence-electron chi connectivity index (χ0n) is 27.2. The highest BCUT2D eigenvalue weighted by atomic mass is 35.5. The van der Waals surface area contributed by atoms with Crippen LogP contribution in [0.15, 0.2) is 66.2 Å². The predicted molar refractivity (Wildman–Crippen MR) is 183 cm³/mol. The molecule has 2 amide bonds. The molecular formula is C38H44ClN3O5. The van der Waals surface area contributed by atoms with E-state index >= 15 is 0 Å². The summed E-state index contributed by atoms with van der Waals surface area (Å²) in [7, 11) is 0. The maximum atomic E-state index is 14.4. The first-order valence-electron chi connectivity index (χ1n) is 16.7. The van der Waals surface area contributed by atoms with Crippen molar-refractivity contribution in [2.45, 2.75) is 71.1 Å². The fourth-order valence-corrected chi connectivity index (χ4v) is 6.44. The molecule has 248 valence electrons. The van der Waals surface area contributed by atoms with E-state index < -0.39 is 6.04 Å². The number of hydrogen-bond acceptors (Lipinski definition) is 6. The first-order valence-corrected chi connectivity index (χ1v) is 17.1. The number of amides is 2. The van der Waals surface area contributed by atoms with Crippen LogP contribution in [0, 0.1) is 19.8 Å². The van der Waals surface area contributed by atoms with Crippen LogP contribution in [0.5, 0.6) is 11.5 Å². The van der Waals surface area contributed by atoms with Crippen LogP contribution in [0.2, 0.25) is 5.02 Å². The third-order valence-corrected chi connectivity index (χ3v) is 9.55. The summed E-state index contributed by atoms with van der Waals surface area (Å²) in [5, 5.41) is 17.3. The van der Waals surface area contributed by atoms with Crippen molar-refractivity contribution in [2.24, 2.45) is 5.92 Å². The zero-order valence-corrected chi connectivity index (χ0v) is 27.9. The van der Waals surface area contributed by atoms with Crippen LogP contribution >= 0.6 is 11.6 Å². The molecule has 8 nitrogen and oxygen atoms in total. The summed E-state index contributed by atoms with van der Waals surface area (Å²) in [5.74, 6) is 1.78. The average molecular weight is 658 g/mol. The quantitative estimate of drug-likeness (QED) is 0.191. The SMILES string of the molecule is Cc1cccc(C)c1OCCOc1ccc(C2=C(C(=O)N(Cc3cc(CNC(=O)C4CC4)ccc3Cl)C3CC3)C(CO)NCC2)cc1. The van der Waals surface area contributed by atoms with Crippen molar-refractivity contribution in [2.75, 3.05) is 26.4 Å². The van der Waals surface area contributed by atoms with E-state index in [4.69, 9.17) is 21.1 Å². The van der Waals surface area contributed by atoms with Gasteiger partial charge in [-0.15, -0.1) is 0 Å². The first kappa shape index (κ1) is 33.1. The molecule has 1 unspecified atom stereocenters. The number of benzene rings is 3. The van der Waals surface area contributed by atoms with Gasteiger partial charge in [0.25, 0.3) is 5.91 Å². The standard InChI is InChI=1S/C38H44ClN3O5/c1-24-4-3-5-25(2)36(24)47-19-18-46-31-13-9-27(10-14-31)32-16-17-40-34(23-43)35(32)38(45)42(30-11-12-30)22-29-20-26(6-15-33(29)39)21-41-37(44)28-7-8-28/h3-6,9-10,13-15,20,28,30,34,40,43H,7-8,11-12,16-19,21-23H2,1-2H3,(H,41,44). The Morgan fingerprint density at radius 3 is 2.38 bits per heavy atom. The largest absolute Gasteiger partial charge is 0.490 e. The number of para-hydroxylation sites is 1. The Morgan fingerprint density at radius 1 is 0.979 bits per heavy atom. The zero-order chi connectivity index (χ0) is 32.9. The van der Waals surface area contributed by atoms with Crippen LogP contribution in [0.25, 0.3) is 5.57 Å². The van der Waals surface area contributed by atoms with Gasteiger partial charge in [0, 0.05) is 35.6 Å². The van der Waals surface area contributed by atoms with Crippen molar-refractivity contribution in [3.8, 4) is 11.5 Å². The fraction of sp³-hybridized carbons (Fsp3) is 0.421. The van der Waals surface area contributed by atoms with Gasteiger partial charge in [0.2, 0.25) is 5.91 Å². The van der Waals surface area contributed by atoms with Gasteiger partial charge in [-0.2, -0.15) is 0 Å². The number of carbonyl (C=O) groups is 2. The van der Waals surface area contributed by atoms with Crippen molar-refractivity contribution >= 4 is 29.0 Å². The van der Waals surface area contributed by atoms with E-state index in [9.17, 15) is 14.7 Å². The number of aliphatic hydroxyl groups excluding tert-OH is 1. The molecule has 2 aliphatic carbocycles. The molecule has 1 atom stereocenters. The molecule has 3 aromatic carbocycles. The van der Waals surface area contributed by atoms with Crippen LogP contribution in [0.3, 0.4) is 0 Å². The second kappa shape index (κ2) is 14.9. The summed E-state index contributed by atoms with van der Waals surface area (Å²) >= 11 is 6.66. The maximum Gasteiger partial charge on any atom is 0.252 e. The summed E-state index contributed by atoms with van der Waals surface area (Å²) < 4.78 is 12.0. The molecule has 0 radical (unpaired) electrons. The summed E-state index contributed by atoms with van der Waals surface area (Å²) in [6, 6.07) is 19.3. The second-order valence-corrected chi connectivity index (χ2v) is 13.3. The Hall–Kier alpha value is -3.85. The lowest BCUT2D eigenvalue weighted by Crippen LogP contribution is -2.46. The van der Waals surface area contributed by atoms with Crippen molar-refractivity contribution in [1.82, 2.24) is 15.5 Å². The van der Waals surface area contributed by atoms with Gasteiger partial charge in [-0.05, 0) is 104 Å². The normalized spacial score (nSPS) is 17.7. The van der Waals surface area contributed by atoms with Gasteiger partial charge in [-0.1, -0.05) is 54.1 Å². The Labute approximate surface area is 282 Å². The molecule has 6 rings (SSSR count). The number of aryl methyl sites for hydroxylation is 2. The number of rotatable bonds is 14. The highest BCUT2D eigenvalue weighted by Crippen LogP contribution is 2.36. The molecule has 3 aliphatic rings. The van der Waals surface area contributed by atoms with Crippen LogP contribution in [0.1, 0.15) is 59.9 Å².